The van der Waals surface area contributed by atoms with Gasteiger partial charge in [0, 0.05) is 6.04 Å². The van der Waals surface area contributed by atoms with Crippen molar-refractivity contribution in [1.82, 2.24) is 0 Å². The summed E-state index contributed by atoms with van der Waals surface area (Å²) in [4.78, 5) is 10.6. The molecule has 1 aliphatic rings. The number of hydrogen-bond donors (Lipinski definition) is 2. The first-order valence-corrected chi connectivity index (χ1v) is 4.41. The SMILES string of the molecule is NC1CCc2c1ccc(C(=O)O)c2F. The van der Waals surface area contributed by atoms with Gasteiger partial charge < -0.3 is 10.8 Å². The number of fused-ring (bicyclic) bond motifs is 1. The molecular weight excluding hydrogens is 185 g/mol. The normalized spacial score (nSPS) is 19.4. The zero-order chi connectivity index (χ0) is 10.3. The molecule has 1 unspecified atom stereocenters. The Kier molecular flexibility index (Phi) is 2.00. The Morgan fingerprint density at radius 2 is 2.29 bits per heavy atom. The predicted octanol–water partition coefficient (Wildman–Crippen LogP) is 1.47. The first-order chi connectivity index (χ1) is 6.61. The molecule has 2 rings (SSSR count). The first kappa shape index (κ1) is 9.15. The number of hydrogen-bond acceptors (Lipinski definition) is 2. The number of benzene rings is 1. The van der Waals surface area contributed by atoms with Gasteiger partial charge in [-0.05, 0) is 30.0 Å². The fourth-order valence-corrected chi connectivity index (χ4v) is 1.86. The molecule has 3 N–H and O–H groups in total. The second-order valence-corrected chi connectivity index (χ2v) is 3.45. The van der Waals surface area contributed by atoms with Crippen LogP contribution in [0.15, 0.2) is 12.1 Å². The number of nitrogens with two attached hydrogens (primary N) is 1. The highest BCUT2D eigenvalue weighted by Crippen LogP contribution is 2.32. The van der Waals surface area contributed by atoms with E-state index in [1.807, 2.05) is 0 Å². The van der Waals surface area contributed by atoms with Crippen LogP contribution in [-0.4, -0.2) is 11.1 Å². The maximum absolute atomic E-state index is 13.6. The van der Waals surface area contributed by atoms with Crippen molar-refractivity contribution in [1.29, 1.82) is 0 Å². The molecule has 74 valence electrons. The Morgan fingerprint density at radius 1 is 1.57 bits per heavy atom. The van der Waals surface area contributed by atoms with Crippen molar-refractivity contribution < 1.29 is 14.3 Å². The molecule has 0 bridgehead atoms. The Labute approximate surface area is 80.3 Å². The van der Waals surface area contributed by atoms with Crippen molar-refractivity contribution in [3.63, 3.8) is 0 Å². The fraction of sp³-hybridized carbons (Fsp3) is 0.300. The quantitative estimate of drug-likeness (QED) is 0.713. The van der Waals surface area contributed by atoms with Crippen LogP contribution < -0.4 is 5.73 Å². The third-order valence-corrected chi connectivity index (χ3v) is 2.61. The molecule has 3 nitrogen and oxygen atoms in total. The molecule has 1 atom stereocenters. The molecule has 1 aliphatic carbocycles. The minimum Gasteiger partial charge on any atom is -0.478 e. The highest BCUT2D eigenvalue weighted by molar-refractivity contribution is 5.88. The van der Waals surface area contributed by atoms with E-state index in [0.717, 1.165) is 5.56 Å². The maximum Gasteiger partial charge on any atom is 0.338 e. The molecule has 0 heterocycles. The van der Waals surface area contributed by atoms with Crippen LogP contribution in [0.1, 0.15) is 33.9 Å². The van der Waals surface area contributed by atoms with Gasteiger partial charge in [-0.25, -0.2) is 9.18 Å². The third-order valence-electron chi connectivity index (χ3n) is 2.61. The van der Waals surface area contributed by atoms with E-state index in [1.165, 1.54) is 6.07 Å². The number of rotatable bonds is 1. The van der Waals surface area contributed by atoms with E-state index in [-0.39, 0.29) is 11.6 Å². The molecule has 0 saturated carbocycles. The molecule has 14 heavy (non-hydrogen) atoms. The number of aromatic carboxylic acids is 1. The van der Waals surface area contributed by atoms with E-state index < -0.39 is 11.8 Å². The number of carboxylic acid groups (broad SMARTS) is 1. The van der Waals surface area contributed by atoms with Crippen molar-refractivity contribution >= 4 is 5.97 Å². The van der Waals surface area contributed by atoms with Crippen LogP contribution in [-0.2, 0) is 6.42 Å². The summed E-state index contributed by atoms with van der Waals surface area (Å²) in [5, 5.41) is 8.69. The van der Waals surface area contributed by atoms with Gasteiger partial charge in [-0.3, -0.25) is 0 Å². The monoisotopic (exact) mass is 195 g/mol. The molecule has 0 spiro atoms. The summed E-state index contributed by atoms with van der Waals surface area (Å²) >= 11 is 0. The van der Waals surface area contributed by atoms with Crippen LogP contribution in [0.4, 0.5) is 4.39 Å². The van der Waals surface area contributed by atoms with Crippen molar-refractivity contribution in [2.24, 2.45) is 5.73 Å². The minimum absolute atomic E-state index is 0.151. The zero-order valence-electron chi connectivity index (χ0n) is 7.46. The van der Waals surface area contributed by atoms with Crippen LogP contribution in [0, 0.1) is 5.82 Å². The predicted molar refractivity (Wildman–Crippen MR) is 48.6 cm³/mol. The highest BCUT2D eigenvalue weighted by atomic mass is 19.1. The largest absolute Gasteiger partial charge is 0.478 e. The second-order valence-electron chi connectivity index (χ2n) is 3.45. The molecule has 0 amide bonds. The van der Waals surface area contributed by atoms with E-state index in [1.54, 1.807) is 6.07 Å². The molecule has 0 radical (unpaired) electrons. The molecule has 0 aromatic heterocycles. The summed E-state index contributed by atoms with van der Waals surface area (Å²) in [6.45, 7) is 0. The van der Waals surface area contributed by atoms with E-state index in [0.29, 0.717) is 18.4 Å². The molecule has 1 aromatic carbocycles. The van der Waals surface area contributed by atoms with Crippen molar-refractivity contribution in [2.75, 3.05) is 0 Å². The number of carbonyl (C=O) groups is 1. The lowest BCUT2D eigenvalue weighted by Gasteiger charge is -2.06. The van der Waals surface area contributed by atoms with Gasteiger partial charge in [0.15, 0.2) is 0 Å². The molecule has 0 aliphatic heterocycles. The average molecular weight is 195 g/mol. The van der Waals surface area contributed by atoms with Gasteiger partial charge in [0.1, 0.15) is 5.82 Å². The van der Waals surface area contributed by atoms with Gasteiger partial charge in [0.2, 0.25) is 0 Å². The molecular formula is C10H10FNO2. The second kappa shape index (κ2) is 3.06. The van der Waals surface area contributed by atoms with Gasteiger partial charge in [0.05, 0.1) is 5.56 Å². The Morgan fingerprint density at radius 3 is 2.93 bits per heavy atom. The summed E-state index contributed by atoms with van der Waals surface area (Å²) in [6.07, 6.45) is 1.22. The first-order valence-electron chi connectivity index (χ1n) is 4.41. The maximum atomic E-state index is 13.6. The zero-order valence-corrected chi connectivity index (χ0v) is 7.46. The van der Waals surface area contributed by atoms with Gasteiger partial charge in [0.25, 0.3) is 0 Å². The smallest absolute Gasteiger partial charge is 0.338 e. The Balaban J connectivity index is 2.58. The summed E-state index contributed by atoms with van der Waals surface area (Å²) < 4.78 is 13.6. The minimum atomic E-state index is -1.23. The fourth-order valence-electron chi connectivity index (χ4n) is 1.86. The molecule has 0 fully saturated rings. The number of halogens is 1. The lowest BCUT2D eigenvalue weighted by Crippen LogP contribution is -2.07. The van der Waals surface area contributed by atoms with Gasteiger partial charge in [-0.2, -0.15) is 0 Å². The lowest BCUT2D eigenvalue weighted by molar-refractivity contribution is 0.0691. The molecule has 0 saturated heterocycles. The Bertz CT molecular complexity index is 403. The van der Waals surface area contributed by atoms with E-state index in [4.69, 9.17) is 10.8 Å². The van der Waals surface area contributed by atoms with Crippen molar-refractivity contribution in [3.8, 4) is 0 Å². The van der Waals surface area contributed by atoms with Crippen LogP contribution in [0.2, 0.25) is 0 Å². The van der Waals surface area contributed by atoms with Crippen molar-refractivity contribution in [2.45, 2.75) is 18.9 Å². The highest BCUT2D eigenvalue weighted by Gasteiger charge is 2.25. The van der Waals surface area contributed by atoms with Gasteiger partial charge >= 0.3 is 5.97 Å². The summed E-state index contributed by atoms with van der Waals surface area (Å²) in [5.41, 5.74) is 6.67. The van der Waals surface area contributed by atoms with Crippen molar-refractivity contribution in [3.05, 3.63) is 34.6 Å². The summed E-state index contributed by atoms with van der Waals surface area (Å²) in [6, 6.07) is 2.74. The summed E-state index contributed by atoms with van der Waals surface area (Å²) in [7, 11) is 0. The van der Waals surface area contributed by atoms with Gasteiger partial charge in [-0.1, -0.05) is 6.07 Å². The standard InChI is InChI=1S/C10H10FNO2/c11-9-6-3-4-8(12)5(6)1-2-7(9)10(13)14/h1-2,8H,3-4,12H2,(H,13,14). The van der Waals surface area contributed by atoms with Crippen LogP contribution in [0.25, 0.3) is 0 Å². The van der Waals surface area contributed by atoms with E-state index in [2.05, 4.69) is 0 Å². The third kappa shape index (κ3) is 1.19. The molecule has 1 aromatic rings. The van der Waals surface area contributed by atoms with E-state index in [9.17, 15) is 9.18 Å². The lowest BCUT2D eigenvalue weighted by atomic mass is 10.0. The van der Waals surface area contributed by atoms with Crippen LogP contribution in [0.3, 0.4) is 0 Å². The Hall–Kier alpha value is -1.42. The topological polar surface area (TPSA) is 63.3 Å². The van der Waals surface area contributed by atoms with Gasteiger partial charge in [-0.15, -0.1) is 0 Å². The van der Waals surface area contributed by atoms with Crippen LogP contribution in [0.5, 0.6) is 0 Å². The van der Waals surface area contributed by atoms with Crippen LogP contribution >= 0.6 is 0 Å². The number of carboxylic acids is 1. The van der Waals surface area contributed by atoms with E-state index >= 15 is 0 Å². The summed E-state index contributed by atoms with van der Waals surface area (Å²) in [5.74, 6) is -1.85. The average Bonchev–Trinajstić information content (AvgIpc) is 2.49. The molecule has 4 heteroatoms.